The molecule has 0 radical (unpaired) electrons. The first-order valence-corrected chi connectivity index (χ1v) is 6.09. The van der Waals surface area contributed by atoms with Crippen LogP contribution in [0.1, 0.15) is 23.8 Å². The van der Waals surface area contributed by atoms with E-state index in [0.717, 1.165) is 5.01 Å². The number of urea groups is 1. The molecule has 0 bridgehead atoms. The lowest BCUT2D eigenvalue weighted by molar-refractivity contribution is 0.248. The molecule has 8 nitrogen and oxygen atoms in total. The molecule has 18 heavy (non-hydrogen) atoms. The summed E-state index contributed by atoms with van der Waals surface area (Å²) < 4.78 is 1.75. The second-order valence-electron chi connectivity index (χ2n) is 3.75. The van der Waals surface area contributed by atoms with E-state index < -0.39 is 0 Å². The summed E-state index contributed by atoms with van der Waals surface area (Å²) in [6.45, 7) is 3.65. The predicted octanol–water partition coefficient (Wildman–Crippen LogP) is 0.858. The maximum atomic E-state index is 11.7. The lowest BCUT2D eigenvalue weighted by Gasteiger charge is -2.12. The summed E-state index contributed by atoms with van der Waals surface area (Å²) in [7, 11) is 1.82. The Morgan fingerprint density at radius 3 is 2.78 bits per heavy atom. The first-order chi connectivity index (χ1) is 8.56. The normalized spacial score (nSPS) is 12.2. The molecule has 0 fully saturated rings. The van der Waals surface area contributed by atoms with E-state index in [1.165, 1.54) is 11.3 Å². The van der Waals surface area contributed by atoms with Crippen LogP contribution in [0.4, 0.5) is 9.93 Å². The monoisotopic (exact) mass is 267 g/mol. The Hall–Kier alpha value is -2.03. The molecule has 0 aromatic carbocycles. The largest absolute Gasteiger partial charge is 0.328 e. The molecule has 0 aliphatic rings. The quantitative estimate of drug-likeness (QED) is 0.859. The SMILES string of the molecule is Cc1nnc(NC(=O)NC(C)c2nncn2C)s1. The van der Waals surface area contributed by atoms with E-state index in [4.69, 9.17) is 0 Å². The number of carbonyl (C=O) groups is 1. The van der Waals surface area contributed by atoms with Gasteiger partial charge < -0.3 is 9.88 Å². The molecule has 0 aliphatic heterocycles. The van der Waals surface area contributed by atoms with Crippen molar-refractivity contribution in [3.63, 3.8) is 0 Å². The molecular formula is C9H13N7OS. The van der Waals surface area contributed by atoms with E-state index in [2.05, 4.69) is 31.0 Å². The number of amides is 2. The minimum absolute atomic E-state index is 0.244. The number of aryl methyl sites for hydroxylation is 2. The van der Waals surface area contributed by atoms with Gasteiger partial charge in [-0.15, -0.1) is 20.4 Å². The molecule has 0 saturated carbocycles. The highest BCUT2D eigenvalue weighted by Gasteiger charge is 2.15. The molecule has 2 rings (SSSR count). The highest BCUT2D eigenvalue weighted by Crippen LogP contribution is 2.14. The fraction of sp³-hybridized carbons (Fsp3) is 0.444. The van der Waals surface area contributed by atoms with Crippen molar-refractivity contribution in [1.82, 2.24) is 30.3 Å². The maximum absolute atomic E-state index is 11.7. The van der Waals surface area contributed by atoms with Crippen LogP contribution in [0.5, 0.6) is 0 Å². The van der Waals surface area contributed by atoms with Crippen LogP contribution in [0.3, 0.4) is 0 Å². The molecule has 0 aliphatic carbocycles. The summed E-state index contributed by atoms with van der Waals surface area (Å²) in [4.78, 5) is 11.7. The van der Waals surface area contributed by atoms with Gasteiger partial charge in [-0.25, -0.2) is 4.79 Å². The van der Waals surface area contributed by atoms with Crippen LogP contribution in [-0.4, -0.2) is 31.0 Å². The Morgan fingerprint density at radius 2 is 2.22 bits per heavy atom. The highest BCUT2D eigenvalue weighted by atomic mass is 32.1. The van der Waals surface area contributed by atoms with Gasteiger partial charge in [0.25, 0.3) is 0 Å². The van der Waals surface area contributed by atoms with E-state index in [-0.39, 0.29) is 12.1 Å². The summed E-state index contributed by atoms with van der Waals surface area (Å²) in [5, 5.41) is 21.9. The minimum Gasteiger partial charge on any atom is -0.328 e. The van der Waals surface area contributed by atoms with Gasteiger partial charge in [-0.1, -0.05) is 11.3 Å². The molecule has 1 atom stereocenters. The Kier molecular flexibility index (Phi) is 3.51. The zero-order valence-electron chi connectivity index (χ0n) is 10.2. The molecule has 2 amide bonds. The molecule has 2 N–H and O–H groups in total. The predicted molar refractivity (Wildman–Crippen MR) is 66.2 cm³/mol. The van der Waals surface area contributed by atoms with Crippen LogP contribution >= 0.6 is 11.3 Å². The third kappa shape index (κ3) is 2.80. The molecule has 9 heteroatoms. The Balaban J connectivity index is 1.93. The van der Waals surface area contributed by atoms with Crippen molar-refractivity contribution >= 4 is 22.5 Å². The fourth-order valence-corrected chi connectivity index (χ4v) is 2.01. The lowest BCUT2D eigenvalue weighted by atomic mass is 10.3. The van der Waals surface area contributed by atoms with Crippen molar-refractivity contribution in [3.8, 4) is 0 Å². The van der Waals surface area contributed by atoms with E-state index in [1.54, 1.807) is 10.9 Å². The number of nitrogens with one attached hydrogen (secondary N) is 2. The van der Waals surface area contributed by atoms with Crippen LogP contribution in [0.25, 0.3) is 0 Å². The Morgan fingerprint density at radius 1 is 1.44 bits per heavy atom. The molecule has 2 heterocycles. The van der Waals surface area contributed by atoms with Crippen LogP contribution in [0, 0.1) is 6.92 Å². The van der Waals surface area contributed by atoms with Crippen molar-refractivity contribution < 1.29 is 4.79 Å². The van der Waals surface area contributed by atoms with E-state index >= 15 is 0 Å². The number of aromatic nitrogens is 5. The van der Waals surface area contributed by atoms with Crippen molar-refractivity contribution in [2.75, 3.05) is 5.32 Å². The molecule has 96 valence electrons. The van der Waals surface area contributed by atoms with Crippen LogP contribution in [0.2, 0.25) is 0 Å². The average molecular weight is 267 g/mol. The smallest absolute Gasteiger partial charge is 0.321 e. The minimum atomic E-state index is -0.346. The average Bonchev–Trinajstić information content (AvgIpc) is 2.87. The second-order valence-corrected chi connectivity index (χ2v) is 4.93. The molecular weight excluding hydrogens is 254 g/mol. The van der Waals surface area contributed by atoms with Crippen LogP contribution in [0.15, 0.2) is 6.33 Å². The molecule has 2 aromatic rings. The van der Waals surface area contributed by atoms with E-state index in [1.807, 2.05) is 20.9 Å². The number of hydrogen-bond acceptors (Lipinski definition) is 6. The summed E-state index contributed by atoms with van der Waals surface area (Å²) in [6, 6.07) is -0.590. The third-order valence-corrected chi connectivity index (χ3v) is 2.98. The summed E-state index contributed by atoms with van der Waals surface area (Å²) >= 11 is 1.32. The van der Waals surface area contributed by atoms with Gasteiger partial charge in [-0.3, -0.25) is 5.32 Å². The van der Waals surface area contributed by atoms with Gasteiger partial charge in [-0.05, 0) is 13.8 Å². The number of rotatable bonds is 3. The Labute approximate surface area is 107 Å². The first-order valence-electron chi connectivity index (χ1n) is 5.28. The number of carbonyl (C=O) groups excluding carboxylic acids is 1. The first kappa shape index (κ1) is 12.4. The van der Waals surface area contributed by atoms with Crippen molar-refractivity contribution in [3.05, 3.63) is 17.2 Å². The standard InChI is InChI=1S/C9H13N7OS/c1-5(7-14-10-4-16(7)3)11-8(17)12-9-15-13-6(2)18-9/h4-5H,1-3H3,(H2,11,12,15,17). The number of hydrogen-bond donors (Lipinski definition) is 2. The molecule has 2 aromatic heterocycles. The second kappa shape index (κ2) is 5.08. The van der Waals surface area contributed by atoms with Gasteiger partial charge in [0.1, 0.15) is 11.3 Å². The van der Waals surface area contributed by atoms with Gasteiger partial charge in [0, 0.05) is 7.05 Å². The van der Waals surface area contributed by atoms with Crippen molar-refractivity contribution in [2.45, 2.75) is 19.9 Å². The van der Waals surface area contributed by atoms with Gasteiger partial charge in [0.05, 0.1) is 6.04 Å². The van der Waals surface area contributed by atoms with Gasteiger partial charge in [-0.2, -0.15) is 0 Å². The van der Waals surface area contributed by atoms with Crippen LogP contribution in [-0.2, 0) is 7.05 Å². The third-order valence-electron chi connectivity index (χ3n) is 2.23. The maximum Gasteiger partial charge on any atom is 0.321 e. The highest BCUT2D eigenvalue weighted by molar-refractivity contribution is 7.15. The van der Waals surface area contributed by atoms with Crippen LogP contribution < -0.4 is 10.6 Å². The lowest BCUT2D eigenvalue weighted by Crippen LogP contribution is -2.32. The van der Waals surface area contributed by atoms with Crippen molar-refractivity contribution in [1.29, 1.82) is 0 Å². The zero-order chi connectivity index (χ0) is 13.1. The van der Waals surface area contributed by atoms with Crippen molar-refractivity contribution in [2.24, 2.45) is 7.05 Å². The number of anilines is 1. The topological polar surface area (TPSA) is 97.6 Å². The zero-order valence-corrected chi connectivity index (χ0v) is 11.0. The van der Waals surface area contributed by atoms with Gasteiger partial charge >= 0.3 is 6.03 Å². The summed E-state index contributed by atoms with van der Waals surface area (Å²) in [5.41, 5.74) is 0. The Bertz CT molecular complexity index is 549. The fourth-order valence-electron chi connectivity index (χ4n) is 1.43. The van der Waals surface area contributed by atoms with E-state index in [0.29, 0.717) is 11.0 Å². The van der Waals surface area contributed by atoms with Gasteiger partial charge in [0.2, 0.25) is 5.13 Å². The number of nitrogens with zero attached hydrogens (tertiary/aromatic N) is 5. The molecule has 0 spiro atoms. The van der Waals surface area contributed by atoms with E-state index in [9.17, 15) is 4.79 Å². The molecule has 1 unspecified atom stereocenters. The molecule has 0 saturated heterocycles. The summed E-state index contributed by atoms with van der Waals surface area (Å²) in [6.07, 6.45) is 1.58. The summed E-state index contributed by atoms with van der Waals surface area (Å²) in [5.74, 6) is 0.679. The van der Waals surface area contributed by atoms with Gasteiger partial charge in [0.15, 0.2) is 5.82 Å².